The Morgan fingerprint density at radius 1 is 1.16 bits per heavy atom. The molecule has 0 spiro atoms. The molecule has 3 rings (SSSR count). The number of carbonyl (C=O) groups is 1. The molecule has 0 aliphatic rings. The number of esters is 1. The highest BCUT2D eigenvalue weighted by Gasteiger charge is 2.18. The largest absolute Gasteiger partial charge is 0.497 e. The minimum absolute atomic E-state index is 0.0360. The number of methoxy groups -OCH3 is 1. The molecule has 0 aliphatic carbocycles. The third-order valence-electron chi connectivity index (χ3n) is 4.43. The van der Waals surface area contributed by atoms with Crippen molar-refractivity contribution in [3.63, 3.8) is 0 Å². The summed E-state index contributed by atoms with van der Waals surface area (Å²) in [7, 11) is 1.57. The van der Waals surface area contributed by atoms with E-state index in [1.54, 1.807) is 26.2 Å². The van der Waals surface area contributed by atoms with Crippen LogP contribution in [0.5, 0.6) is 11.5 Å². The Morgan fingerprint density at radius 2 is 1.84 bits per heavy atom. The number of hydrogen-bond donors (Lipinski definition) is 0. The summed E-state index contributed by atoms with van der Waals surface area (Å²) in [6, 6.07) is 9.56. The maximum Gasteiger partial charge on any atom is 0.306 e. The maximum absolute atomic E-state index is 14.5. The van der Waals surface area contributed by atoms with E-state index in [1.165, 1.54) is 11.5 Å². The normalized spacial score (nSPS) is 10.7. The topological polar surface area (TPSA) is 57.7 Å². The monoisotopic (exact) mass is 467 g/mol. The summed E-state index contributed by atoms with van der Waals surface area (Å²) in [4.78, 5) is 12.2. The summed E-state index contributed by atoms with van der Waals surface area (Å²) in [5.74, 6) is -1.95. The van der Waals surface area contributed by atoms with Crippen LogP contribution in [0, 0.1) is 11.6 Å². The minimum atomic E-state index is -0.857. The lowest BCUT2D eigenvalue weighted by Crippen LogP contribution is -2.06. The minimum Gasteiger partial charge on any atom is -0.497 e. The Kier molecular flexibility index (Phi) is 7.81. The van der Waals surface area contributed by atoms with Crippen molar-refractivity contribution in [1.29, 1.82) is 0 Å². The lowest BCUT2D eigenvalue weighted by atomic mass is 10.1. The molecular weight excluding hydrogens is 448 g/mol. The molecule has 2 aromatic carbocycles. The van der Waals surface area contributed by atoms with Gasteiger partial charge in [0.2, 0.25) is 0 Å². The molecule has 0 atom stereocenters. The second-order valence-electron chi connectivity index (χ2n) is 6.49. The van der Waals surface area contributed by atoms with Crippen LogP contribution in [0.2, 0.25) is 5.15 Å². The van der Waals surface area contributed by atoms with Gasteiger partial charge in [0.25, 0.3) is 0 Å². The van der Waals surface area contributed by atoms with Crippen molar-refractivity contribution in [2.45, 2.75) is 26.4 Å². The highest BCUT2D eigenvalue weighted by Crippen LogP contribution is 2.35. The zero-order valence-electron chi connectivity index (χ0n) is 16.9. The van der Waals surface area contributed by atoms with Crippen LogP contribution in [0.1, 0.15) is 24.5 Å². The van der Waals surface area contributed by atoms with Crippen LogP contribution in [-0.4, -0.2) is 24.1 Å². The number of carbonyl (C=O) groups excluding carboxylic acids is 1. The molecule has 1 heterocycles. The third-order valence-corrected chi connectivity index (χ3v) is 5.79. The van der Waals surface area contributed by atoms with Gasteiger partial charge in [-0.05, 0) is 72.4 Å². The predicted octanol–water partition coefficient (Wildman–Crippen LogP) is 5.83. The number of aromatic nitrogens is 1. The molecule has 3 aromatic rings. The second kappa shape index (κ2) is 10.5. The summed E-state index contributed by atoms with van der Waals surface area (Å²) in [6.07, 6.45) is 0.198. The van der Waals surface area contributed by atoms with Crippen molar-refractivity contribution in [3.8, 4) is 21.9 Å². The number of ether oxygens (including phenoxy) is 3. The lowest BCUT2D eigenvalue weighted by Gasteiger charge is -2.11. The standard InChI is InChI=1S/C22H20ClF2NO4S/c1-3-29-19(27)9-4-13-10-17(24)20(18(25)11-13)30-12-16-21(31-26-22(16)23)14-5-7-15(28-2)8-6-14/h5-8,10-11H,3-4,9,12H2,1-2H3. The third kappa shape index (κ3) is 5.71. The quantitative estimate of drug-likeness (QED) is 0.371. The van der Waals surface area contributed by atoms with Gasteiger partial charge in [-0.25, -0.2) is 8.78 Å². The number of hydrogen-bond acceptors (Lipinski definition) is 6. The first-order chi connectivity index (χ1) is 14.9. The van der Waals surface area contributed by atoms with Crippen LogP contribution in [0.15, 0.2) is 36.4 Å². The molecule has 164 valence electrons. The van der Waals surface area contributed by atoms with Gasteiger partial charge in [-0.1, -0.05) is 11.6 Å². The molecule has 0 fully saturated rings. The highest BCUT2D eigenvalue weighted by molar-refractivity contribution is 7.10. The van der Waals surface area contributed by atoms with Crippen LogP contribution < -0.4 is 9.47 Å². The Bertz CT molecular complexity index is 1030. The molecular formula is C22H20ClF2NO4S. The van der Waals surface area contributed by atoms with E-state index >= 15 is 0 Å². The molecule has 0 radical (unpaired) electrons. The molecule has 0 saturated heterocycles. The van der Waals surface area contributed by atoms with Gasteiger partial charge in [-0.15, -0.1) is 0 Å². The maximum atomic E-state index is 14.5. The first-order valence-electron chi connectivity index (χ1n) is 9.47. The fourth-order valence-electron chi connectivity index (χ4n) is 2.90. The Labute approximate surface area is 187 Å². The summed E-state index contributed by atoms with van der Waals surface area (Å²) >= 11 is 7.35. The van der Waals surface area contributed by atoms with E-state index in [4.69, 9.17) is 25.8 Å². The van der Waals surface area contributed by atoms with Crippen molar-refractivity contribution in [2.24, 2.45) is 0 Å². The van der Waals surface area contributed by atoms with Gasteiger partial charge in [-0.2, -0.15) is 4.37 Å². The first-order valence-corrected chi connectivity index (χ1v) is 10.6. The molecule has 1 aromatic heterocycles. The first kappa shape index (κ1) is 23.0. The van der Waals surface area contributed by atoms with Crippen molar-refractivity contribution in [3.05, 3.63) is 64.3 Å². The summed E-state index contributed by atoms with van der Waals surface area (Å²) in [5, 5.41) is 0.211. The smallest absolute Gasteiger partial charge is 0.306 e. The van der Waals surface area contributed by atoms with Gasteiger partial charge in [0.1, 0.15) is 17.5 Å². The average molecular weight is 468 g/mol. The fraction of sp³-hybridized carbons (Fsp3) is 0.273. The lowest BCUT2D eigenvalue weighted by molar-refractivity contribution is -0.143. The van der Waals surface area contributed by atoms with E-state index in [0.717, 1.165) is 22.6 Å². The van der Waals surface area contributed by atoms with Crippen molar-refractivity contribution >= 4 is 29.1 Å². The van der Waals surface area contributed by atoms with Gasteiger partial charge < -0.3 is 14.2 Å². The van der Waals surface area contributed by atoms with Crippen LogP contribution in [0.3, 0.4) is 0 Å². The molecule has 0 N–H and O–H groups in total. The number of halogens is 3. The molecule has 0 saturated carbocycles. The van der Waals surface area contributed by atoms with Crippen LogP contribution >= 0.6 is 23.1 Å². The van der Waals surface area contributed by atoms with Crippen LogP contribution in [0.25, 0.3) is 10.4 Å². The zero-order valence-corrected chi connectivity index (χ0v) is 18.5. The number of nitrogens with zero attached hydrogens (tertiary/aromatic N) is 1. The van der Waals surface area contributed by atoms with Gasteiger partial charge in [0, 0.05) is 12.0 Å². The van der Waals surface area contributed by atoms with Crippen molar-refractivity contribution in [1.82, 2.24) is 4.37 Å². The average Bonchev–Trinajstić information content (AvgIpc) is 3.12. The molecule has 31 heavy (non-hydrogen) atoms. The van der Waals surface area contributed by atoms with E-state index in [0.29, 0.717) is 16.9 Å². The van der Waals surface area contributed by atoms with E-state index in [1.807, 2.05) is 12.1 Å². The van der Waals surface area contributed by atoms with Crippen molar-refractivity contribution in [2.75, 3.05) is 13.7 Å². The number of rotatable bonds is 9. The molecule has 5 nitrogen and oxygen atoms in total. The van der Waals surface area contributed by atoms with Gasteiger partial charge in [0.15, 0.2) is 17.4 Å². The van der Waals surface area contributed by atoms with Gasteiger partial charge >= 0.3 is 5.97 Å². The molecule has 9 heteroatoms. The van der Waals surface area contributed by atoms with E-state index in [9.17, 15) is 13.6 Å². The van der Waals surface area contributed by atoms with Gasteiger partial charge in [0.05, 0.1) is 18.6 Å². The van der Waals surface area contributed by atoms with Gasteiger partial charge in [-0.3, -0.25) is 4.79 Å². The fourth-order valence-corrected chi connectivity index (χ4v) is 4.00. The van der Waals surface area contributed by atoms with E-state index in [2.05, 4.69) is 4.37 Å². The zero-order chi connectivity index (χ0) is 22.4. The molecule has 0 unspecified atom stereocenters. The Morgan fingerprint density at radius 3 is 2.45 bits per heavy atom. The van der Waals surface area contributed by atoms with E-state index in [-0.39, 0.29) is 31.2 Å². The molecule has 0 bridgehead atoms. The Hall–Kier alpha value is -2.71. The summed E-state index contributed by atoms with van der Waals surface area (Å²) < 4.78 is 48.5. The molecule has 0 aliphatic heterocycles. The van der Waals surface area contributed by atoms with Crippen molar-refractivity contribution < 1.29 is 27.8 Å². The van der Waals surface area contributed by atoms with Crippen LogP contribution in [0.4, 0.5) is 8.78 Å². The SMILES string of the molecule is CCOC(=O)CCc1cc(F)c(OCc2c(Cl)nsc2-c2ccc(OC)cc2)c(F)c1. The number of aryl methyl sites for hydroxylation is 1. The highest BCUT2D eigenvalue weighted by atomic mass is 35.5. The second-order valence-corrected chi connectivity index (χ2v) is 7.62. The Balaban J connectivity index is 1.74. The molecule has 0 amide bonds. The summed E-state index contributed by atoms with van der Waals surface area (Å²) in [5.41, 5.74) is 1.70. The predicted molar refractivity (Wildman–Crippen MR) is 115 cm³/mol. The van der Waals surface area contributed by atoms with E-state index < -0.39 is 23.4 Å². The van der Waals surface area contributed by atoms with Crippen LogP contribution in [-0.2, 0) is 22.6 Å². The number of benzene rings is 2. The summed E-state index contributed by atoms with van der Waals surface area (Å²) in [6.45, 7) is 1.79.